The molecule has 0 aliphatic rings. The summed E-state index contributed by atoms with van der Waals surface area (Å²) in [6, 6.07) is 4.11. The van der Waals surface area contributed by atoms with Gasteiger partial charge in [-0.05, 0) is 43.4 Å². The summed E-state index contributed by atoms with van der Waals surface area (Å²) in [5.74, 6) is 5.70. The van der Waals surface area contributed by atoms with E-state index in [0.717, 1.165) is 19.3 Å². The van der Waals surface area contributed by atoms with E-state index in [-0.39, 0.29) is 11.8 Å². The van der Waals surface area contributed by atoms with Gasteiger partial charge in [-0.1, -0.05) is 0 Å². The molecule has 18 heavy (non-hydrogen) atoms. The Hall–Kier alpha value is -0.980. The first kappa shape index (κ1) is 15.1. The van der Waals surface area contributed by atoms with Crippen molar-refractivity contribution in [1.82, 2.24) is 10.4 Å². The number of aryl methyl sites for hydroxylation is 1. The molecule has 0 bridgehead atoms. The van der Waals surface area contributed by atoms with Gasteiger partial charge in [0.25, 0.3) is 0 Å². The summed E-state index contributed by atoms with van der Waals surface area (Å²) >= 11 is 0. The molecule has 1 rings (SSSR count). The van der Waals surface area contributed by atoms with Crippen LogP contribution >= 0.6 is 0 Å². The Morgan fingerprint density at radius 2 is 2.00 bits per heavy atom. The van der Waals surface area contributed by atoms with E-state index < -0.39 is 9.84 Å². The fourth-order valence-corrected chi connectivity index (χ4v) is 2.48. The van der Waals surface area contributed by atoms with Gasteiger partial charge in [-0.25, -0.2) is 8.42 Å². The van der Waals surface area contributed by atoms with E-state index in [0.29, 0.717) is 6.42 Å². The molecule has 3 N–H and O–H groups in total. The fourth-order valence-electron chi connectivity index (χ4n) is 1.79. The number of hydrogen-bond donors (Lipinski definition) is 2. The van der Waals surface area contributed by atoms with Gasteiger partial charge in [0.05, 0.1) is 0 Å². The SMILES string of the molecule is CS(=O)(=O)CCCC(CCc1ccncc1)NN. The highest BCUT2D eigenvalue weighted by Crippen LogP contribution is 2.08. The van der Waals surface area contributed by atoms with Gasteiger partial charge in [-0.15, -0.1) is 0 Å². The van der Waals surface area contributed by atoms with Gasteiger partial charge in [-0.2, -0.15) is 0 Å². The van der Waals surface area contributed by atoms with Gasteiger partial charge >= 0.3 is 0 Å². The van der Waals surface area contributed by atoms with Gasteiger partial charge in [0.1, 0.15) is 9.84 Å². The van der Waals surface area contributed by atoms with Gasteiger partial charge in [0.2, 0.25) is 0 Å². The minimum atomic E-state index is -2.87. The van der Waals surface area contributed by atoms with Crippen LogP contribution in [0.25, 0.3) is 0 Å². The molecular formula is C12H21N3O2S. The zero-order valence-electron chi connectivity index (χ0n) is 10.7. The number of rotatable bonds is 8. The quantitative estimate of drug-likeness (QED) is 0.536. The molecule has 0 fully saturated rings. The molecule has 0 spiro atoms. The molecule has 102 valence electrons. The van der Waals surface area contributed by atoms with Gasteiger partial charge < -0.3 is 0 Å². The summed E-state index contributed by atoms with van der Waals surface area (Å²) in [7, 11) is -2.87. The maximum Gasteiger partial charge on any atom is 0.147 e. The Labute approximate surface area is 109 Å². The van der Waals surface area contributed by atoms with Crippen LogP contribution in [0.5, 0.6) is 0 Å². The average molecular weight is 271 g/mol. The fraction of sp³-hybridized carbons (Fsp3) is 0.583. The lowest BCUT2D eigenvalue weighted by Crippen LogP contribution is -2.35. The van der Waals surface area contributed by atoms with Crippen LogP contribution in [0.2, 0.25) is 0 Å². The summed E-state index contributed by atoms with van der Waals surface area (Å²) < 4.78 is 22.0. The molecule has 1 aromatic heterocycles. The lowest BCUT2D eigenvalue weighted by Gasteiger charge is -2.15. The van der Waals surface area contributed by atoms with Crippen LogP contribution in [0, 0.1) is 0 Å². The van der Waals surface area contributed by atoms with E-state index in [2.05, 4.69) is 10.4 Å². The molecule has 0 saturated heterocycles. The standard InChI is InChI=1S/C12H21N3O2S/c1-18(16,17)10-2-3-12(15-13)5-4-11-6-8-14-9-7-11/h6-9,12,15H,2-5,10,13H2,1H3. The molecule has 0 amide bonds. The summed E-state index contributed by atoms with van der Waals surface area (Å²) in [4.78, 5) is 3.96. The topological polar surface area (TPSA) is 85.1 Å². The van der Waals surface area contributed by atoms with Crippen LogP contribution in [0.1, 0.15) is 24.8 Å². The molecule has 0 radical (unpaired) electrons. The van der Waals surface area contributed by atoms with Crippen LogP contribution in [0.15, 0.2) is 24.5 Å². The minimum Gasteiger partial charge on any atom is -0.271 e. The highest BCUT2D eigenvalue weighted by Gasteiger charge is 2.09. The Kier molecular flexibility index (Phi) is 6.24. The number of sulfone groups is 1. The third-order valence-corrected chi connectivity index (χ3v) is 3.86. The van der Waals surface area contributed by atoms with Crippen molar-refractivity contribution in [3.05, 3.63) is 30.1 Å². The van der Waals surface area contributed by atoms with Gasteiger partial charge in [-0.3, -0.25) is 16.3 Å². The lowest BCUT2D eigenvalue weighted by atomic mass is 10.0. The Balaban J connectivity index is 2.30. The van der Waals surface area contributed by atoms with Crippen LogP contribution < -0.4 is 11.3 Å². The number of hydrogen-bond acceptors (Lipinski definition) is 5. The Bertz CT molecular complexity index is 434. The van der Waals surface area contributed by atoms with Crippen LogP contribution in [-0.2, 0) is 16.3 Å². The summed E-state index contributed by atoms with van der Waals surface area (Å²) in [6.07, 6.45) is 8.02. The molecule has 1 heterocycles. The van der Waals surface area contributed by atoms with Crippen molar-refractivity contribution < 1.29 is 8.42 Å². The smallest absolute Gasteiger partial charge is 0.147 e. The number of hydrazine groups is 1. The van der Waals surface area contributed by atoms with Crippen molar-refractivity contribution in [2.75, 3.05) is 12.0 Å². The third kappa shape index (κ3) is 6.68. The highest BCUT2D eigenvalue weighted by atomic mass is 32.2. The summed E-state index contributed by atoms with van der Waals surface area (Å²) in [5.41, 5.74) is 3.96. The molecule has 1 aromatic rings. The van der Waals surface area contributed by atoms with Crippen LogP contribution in [0.3, 0.4) is 0 Å². The number of pyridine rings is 1. The van der Waals surface area contributed by atoms with Crippen LogP contribution in [0.4, 0.5) is 0 Å². The van der Waals surface area contributed by atoms with E-state index in [1.165, 1.54) is 11.8 Å². The van der Waals surface area contributed by atoms with Crippen molar-refractivity contribution in [2.45, 2.75) is 31.7 Å². The number of nitrogens with two attached hydrogens (primary N) is 1. The molecule has 6 heteroatoms. The second-order valence-corrected chi connectivity index (χ2v) is 6.79. The number of nitrogens with zero attached hydrogens (tertiary/aromatic N) is 1. The molecule has 0 aromatic carbocycles. The molecule has 1 atom stereocenters. The van der Waals surface area contributed by atoms with E-state index in [4.69, 9.17) is 5.84 Å². The van der Waals surface area contributed by atoms with E-state index >= 15 is 0 Å². The summed E-state index contributed by atoms with van der Waals surface area (Å²) in [5, 5.41) is 0. The Morgan fingerprint density at radius 1 is 1.33 bits per heavy atom. The first-order chi connectivity index (χ1) is 8.51. The van der Waals surface area contributed by atoms with Crippen molar-refractivity contribution in [3.8, 4) is 0 Å². The zero-order chi connectivity index (χ0) is 13.4. The van der Waals surface area contributed by atoms with E-state index in [9.17, 15) is 8.42 Å². The third-order valence-electron chi connectivity index (χ3n) is 2.83. The molecule has 1 unspecified atom stereocenters. The van der Waals surface area contributed by atoms with E-state index in [1.54, 1.807) is 12.4 Å². The minimum absolute atomic E-state index is 0.153. The van der Waals surface area contributed by atoms with Gasteiger partial charge in [0.15, 0.2) is 0 Å². The van der Waals surface area contributed by atoms with Crippen molar-refractivity contribution in [1.29, 1.82) is 0 Å². The molecule has 0 aliphatic heterocycles. The average Bonchev–Trinajstić information content (AvgIpc) is 2.33. The maximum absolute atomic E-state index is 11.0. The normalized spacial score (nSPS) is 13.4. The van der Waals surface area contributed by atoms with Crippen molar-refractivity contribution in [2.24, 2.45) is 5.84 Å². The van der Waals surface area contributed by atoms with Gasteiger partial charge in [0, 0.05) is 30.4 Å². The largest absolute Gasteiger partial charge is 0.271 e. The predicted molar refractivity (Wildman–Crippen MR) is 72.6 cm³/mol. The lowest BCUT2D eigenvalue weighted by molar-refractivity contribution is 0.459. The monoisotopic (exact) mass is 271 g/mol. The summed E-state index contributed by atoms with van der Waals surface area (Å²) in [6.45, 7) is 0. The second-order valence-electron chi connectivity index (χ2n) is 4.53. The predicted octanol–water partition coefficient (Wildman–Crippen LogP) is 0.671. The first-order valence-electron chi connectivity index (χ1n) is 6.04. The highest BCUT2D eigenvalue weighted by molar-refractivity contribution is 7.90. The zero-order valence-corrected chi connectivity index (χ0v) is 11.5. The Morgan fingerprint density at radius 3 is 2.56 bits per heavy atom. The first-order valence-corrected chi connectivity index (χ1v) is 8.10. The van der Waals surface area contributed by atoms with Crippen molar-refractivity contribution >= 4 is 9.84 Å². The molecule has 0 saturated carbocycles. The number of aromatic nitrogens is 1. The second kappa shape index (κ2) is 7.45. The maximum atomic E-state index is 11.0. The molecular weight excluding hydrogens is 250 g/mol. The van der Waals surface area contributed by atoms with Crippen molar-refractivity contribution in [3.63, 3.8) is 0 Å². The molecule has 5 nitrogen and oxygen atoms in total. The van der Waals surface area contributed by atoms with Crippen LogP contribution in [-0.4, -0.2) is 31.5 Å². The van der Waals surface area contributed by atoms with E-state index in [1.807, 2.05) is 12.1 Å². The molecule has 0 aliphatic carbocycles. The number of nitrogens with one attached hydrogen (secondary N) is 1.